The molecule has 0 bridgehead atoms. The zero-order valence-corrected chi connectivity index (χ0v) is 6.35. The standard InChI is InChI=1S/C5H8N2O2S/c1-5(6)7-3(8)2-4(7)10-9-5/h4H,2,6H2,1H3/t4-,5?/m1/s1. The highest BCUT2D eigenvalue weighted by molar-refractivity contribution is 7.95. The van der Waals surface area contributed by atoms with Crippen LogP contribution in [0.4, 0.5) is 0 Å². The number of nitrogens with two attached hydrogens (primary N) is 1. The van der Waals surface area contributed by atoms with Crippen molar-refractivity contribution in [1.29, 1.82) is 0 Å². The maximum atomic E-state index is 10.9. The van der Waals surface area contributed by atoms with Crippen molar-refractivity contribution in [3.05, 3.63) is 0 Å². The highest BCUT2D eigenvalue weighted by atomic mass is 32.2. The summed E-state index contributed by atoms with van der Waals surface area (Å²) in [7, 11) is 0. The quantitative estimate of drug-likeness (QED) is 0.395. The molecule has 10 heavy (non-hydrogen) atoms. The molecule has 0 radical (unpaired) electrons. The number of nitrogens with zero attached hydrogens (tertiary/aromatic N) is 1. The van der Waals surface area contributed by atoms with E-state index in [1.165, 1.54) is 12.0 Å². The normalized spacial score (nSPS) is 45.2. The van der Waals surface area contributed by atoms with Crippen molar-refractivity contribution in [2.75, 3.05) is 0 Å². The van der Waals surface area contributed by atoms with Gasteiger partial charge in [0.25, 0.3) is 0 Å². The Labute approximate surface area is 62.9 Å². The summed E-state index contributed by atoms with van der Waals surface area (Å²) in [5.74, 6) is -0.787. The van der Waals surface area contributed by atoms with Gasteiger partial charge in [0.2, 0.25) is 11.8 Å². The van der Waals surface area contributed by atoms with Gasteiger partial charge in [0.1, 0.15) is 5.37 Å². The number of β-lactam (4-membered cyclic amide) rings is 1. The van der Waals surface area contributed by atoms with Gasteiger partial charge in [-0.15, -0.1) is 0 Å². The Bertz CT molecular complexity index is 194. The van der Waals surface area contributed by atoms with Crippen molar-refractivity contribution < 1.29 is 8.98 Å². The van der Waals surface area contributed by atoms with E-state index in [2.05, 4.69) is 0 Å². The van der Waals surface area contributed by atoms with Crippen molar-refractivity contribution in [1.82, 2.24) is 4.90 Å². The molecule has 2 saturated heterocycles. The fourth-order valence-electron chi connectivity index (χ4n) is 1.19. The molecule has 0 spiro atoms. The Balaban J connectivity index is 2.22. The molecule has 0 aromatic carbocycles. The Morgan fingerprint density at radius 3 is 3.10 bits per heavy atom. The van der Waals surface area contributed by atoms with E-state index in [1.54, 1.807) is 11.8 Å². The fourth-order valence-corrected chi connectivity index (χ4v) is 2.20. The van der Waals surface area contributed by atoms with E-state index in [1.807, 2.05) is 0 Å². The Morgan fingerprint density at radius 1 is 2.00 bits per heavy atom. The molecule has 2 heterocycles. The van der Waals surface area contributed by atoms with Crippen LogP contribution in [0.1, 0.15) is 13.3 Å². The number of rotatable bonds is 0. The average molecular weight is 160 g/mol. The molecule has 2 aliphatic heterocycles. The highest BCUT2D eigenvalue weighted by Crippen LogP contribution is 2.43. The second-order valence-corrected chi connectivity index (χ2v) is 3.56. The summed E-state index contributed by atoms with van der Waals surface area (Å²) < 4.78 is 5.10. The second kappa shape index (κ2) is 1.66. The molecule has 4 nitrogen and oxygen atoms in total. The summed E-state index contributed by atoms with van der Waals surface area (Å²) in [5, 5.41) is 0.169. The van der Waals surface area contributed by atoms with E-state index in [0.717, 1.165) is 0 Å². The molecule has 0 aromatic rings. The molecule has 1 amide bonds. The van der Waals surface area contributed by atoms with Crippen LogP contribution in [0.5, 0.6) is 0 Å². The Hall–Kier alpha value is -0.260. The van der Waals surface area contributed by atoms with E-state index < -0.39 is 5.85 Å². The maximum absolute atomic E-state index is 10.9. The summed E-state index contributed by atoms with van der Waals surface area (Å²) >= 11 is 1.28. The molecular weight excluding hydrogens is 152 g/mol. The number of fused-ring (bicyclic) bond motifs is 1. The summed E-state index contributed by atoms with van der Waals surface area (Å²) in [6.07, 6.45) is 0.567. The van der Waals surface area contributed by atoms with Gasteiger partial charge in [0.15, 0.2) is 0 Å². The summed E-state index contributed by atoms with van der Waals surface area (Å²) in [5.41, 5.74) is 5.62. The van der Waals surface area contributed by atoms with Crippen LogP contribution in [0.15, 0.2) is 0 Å². The third kappa shape index (κ3) is 0.624. The summed E-state index contributed by atoms with van der Waals surface area (Å²) in [4.78, 5) is 12.4. The van der Waals surface area contributed by atoms with Gasteiger partial charge in [-0.3, -0.25) is 19.6 Å². The lowest BCUT2D eigenvalue weighted by Gasteiger charge is -2.38. The van der Waals surface area contributed by atoms with Gasteiger partial charge in [-0.1, -0.05) is 0 Å². The fraction of sp³-hybridized carbons (Fsp3) is 0.800. The van der Waals surface area contributed by atoms with Crippen LogP contribution in [-0.2, 0) is 8.98 Å². The van der Waals surface area contributed by atoms with Crippen molar-refractivity contribution in [3.8, 4) is 0 Å². The van der Waals surface area contributed by atoms with Crippen molar-refractivity contribution >= 4 is 17.9 Å². The van der Waals surface area contributed by atoms with Crippen LogP contribution >= 0.6 is 12.0 Å². The molecular formula is C5H8N2O2S. The number of amides is 1. The third-order valence-electron chi connectivity index (χ3n) is 1.71. The molecule has 0 aliphatic carbocycles. The largest absolute Gasteiger partial charge is 0.286 e. The predicted molar refractivity (Wildman–Crippen MR) is 36.5 cm³/mol. The van der Waals surface area contributed by atoms with Gasteiger partial charge in [-0.2, -0.15) is 0 Å². The van der Waals surface area contributed by atoms with Crippen LogP contribution in [-0.4, -0.2) is 22.0 Å². The van der Waals surface area contributed by atoms with Crippen molar-refractivity contribution in [2.45, 2.75) is 24.6 Å². The smallest absolute Gasteiger partial charge is 0.229 e. The minimum atomic E-state index is -0.870. The molecule has 0 saturated carbocycles. The van der Waals surface area contributed by atoms with Crippen LogP contribution in [0.3, 0.4) is 0 Å². The molecule has 5 heteroatoms. The van der Waals surface area contributed by atoms with E-state index in [0.29, 0.717) is 6.42 Å². The van der Waals surface area contributed by atoms with E-state index >= 15 is 0 Å². The number of carbonyl (C=O) groups is 1. The monoisotopic (exact) mass is 160 g/mol. The molecule has 0 aromatic heterocycles. The van der Waals surface area contributed by atoms with Gasteiger partial charge in [-0.25, -0.2) is 0 Å². The zero-order chi connectivity index (χ0) is 7.35. The molecule has 2 aliphatic rings. The number of carbonyl (C=O) groups excluding carboxylic acids is 1. The molecule has 56 valence electrons. The third-order valence-corrected chi connectivity index (χ3v) is 2.75. The Kier molecular flexibility index (Phi) is 1.07. The minimum Gasteiger partial charge on any atom is -0.286 e. The topological polar surface area (TPSA) is 55.6 Å². The van der Waals surface area contributed by atoms with Crippen LogP contribution in [0, 0.1) is 0 Å². The first-order valence-corrected chi connectivity index (χ1v) is 3.87. The first-order chi connectivity index (χ1) is 4.61. The van der Waals surface area contributed by atoms with Crippen LogP contribution in [0.25, 0.3) is 0 Å². The average Bonchev–Trinajstić information content (AvgIpc) is 1.99. The zero-order valence-electron chi connectivity index (χ0n) is 5.53. The van der Waals surface area contributed by atoms with Gasteiger partial charge >= 0.3 is 0 Å². The van der Waals surface area contributed by atoms with E-state index in [4.69, 9.17) is 9.92 Å². The number of hydrogen-bond donors (Lipinski definition) is 1. The van der Waals surface area contributed by atoms with Gasteiger partial charge < -0.3 is 0 Å². The van der Waals surface area contributed by atoms with E-state index in [-0.39, 0.29) is 11.3 Å². The lowest BCUT2D eigenvalue weighted by Crippen LogP contribution is -2.61. The van der Waals surface area contributed by atoms with Crippen molar-refractivity contribution in [2.24, 2.45) is 5.73 Å². The molecule has 2 rings (SSSR count). The van der Waals surface area contributed by atoms with Crippen LogP contribution < -0.4 is 5.73 Å². The number of hydrogen-bond acceptors (Lipinski definition) is 4. The molecule has 2 fully saturated rings. The first-order valence-electron chi connectivity index (χ1n) is 3.07. The molecule has 1 unspecified atom stereocenters. The van der Waals surface area contributed by atoms with Crippen molar-refractivity contribution in [3.63, 3.8) is 0 Å². The lowest BCUT2D eigenvalue weighted by atomic mass is 10.1. The van der Waals surface area contributed by atoms with Crippen LogP contribution in [0.2, 0.25) is 0 Å². The lowest BCUT2D eigenvalue weighted by molar-refractivity contribution is -0.158. The summed E-state index contributed by atoms with van der Waals surface area (Å²) in [6.45, 7) is 1.69. The Morgan fingerprint density at radius 2 is 2.70 bits per heavy atom. The first kappa shape index (κ1) is 6.45. The minimum absolute atomic E-state index is 0.0833. The van der Waals surface area contributed by atoms with Gasteiger partial charge in [0.05, 0.1) is 6.42 Å². The highest BCUT2D eigenvalue weighted by Gasteiger charge is 2.53. The summed E-state index contributed by atoms with van der Waals surface area (Å²) in [6, 6.07) is 0. The molecule has 2 N–H and O–H groups in total. The predicted octanol–water partition coefficient (Wildman–Crippen LogP) is -0.144. The van der Waals surface area contributed by atoms with Gasteiger partial charge in [0, 0.05) is 12.0 Å². The maximum Gasteiger partial charge on any atom is 0.229 e. The second-order valence-electron chi connectivity index (χ2n) is 2.66. The molecule has 2 atom stereocenters. The van der Waals surface area contributed by atoms with Gasteiger partial charge in [-0.05, 0) is 6.92 Å². The van der Waals surface area contributed by atoms with E-state index in [9.17, 15) is 4.79 Å². The SMILES string of the molecule is CC1(N)OS[C@@H]2CC(=O)N21.